The third kappa shape index (κ3) is 8.99. The Kier molecular flexibility index (Phi) is 17.8. The Bertz CT molecular complexity index is 292. The largest absolute Gasteiger partial charge is 0.101 e. The summed E-state index contributed by atoms with van der Waals surface area (Å²) in [6, 6.07) is 0. The Morgan fingerprint density at radius 2 is 0.690 bits per heavy atom. The second-order valence-electron chi connectivity index (χ2n) is 10.1. The van der Waals surface area contributed by atoms with Gasteiger partial charge in [-0.2, -0.15) is 0 Å². The molecule has 4 atom stereocenters. The van der Waals surface area contributed by atoms with Crippen LogP contribution in [-0.4, -0.2) is 7.85 Å². The molecular weight excluding hydrogens is 347 g/mol. The average molecular weight is 407 g/mol. The molecule has 0 aromatic heterocycles. The molecule has 4 unspecified atom stereocenters. The number of rotatable bonds is 19. The maximum atomic E-state index is 2.54. The molecule has 29 heavy (non-hydrogen) atoms. The van der Waals surface area contributed by atoms with E-state index in [2.05, 4.69) is 63.2 Å². The number of hydrogen-bond acceptors (Lipinski definition) is 0. The van der Waals surface area contributed by atoms with Gasteiger partial charge >= 0.3 is 0 Å². The summed E-state index contributed by atoms with van der Waals surface area (Å²) in [6.07, 6.45) is 18.2. The normalized spacial score (nSPS) is 19.3. The van der Waals surface area contributed by atoms with Crippen molar-refractivity contribution in [3.8, 4) is 0 Å². The van der Waals surface area contributed by atoms with Crippen molar-refractivity contribution in [3.05, 3.63) is 0 Å². The molecule has 0 rings (SSSR count). The van der Waals surface area contributed by atoms with Crippen LogP contribution in [0.5, 0.6) is 0 Å². The molecule has 0 aromatic rings. The maximum absolute atomic E-state index is 2.54. The standard InChI is InChI=1S/C28H59B/c1-9-17-22(13-5)27(23(14-6)18-10-2)26(21-29)28(24(15-7)19-11-3)25(16-8)20-12-4/h22-28H,9-21,29H2,1-8H3. The predicted octanol–water partition coefficient (Wildman–Crippen LogP) is 9.19. The van der Waals surface area contributed by atoms with E-state index < -0.39 is 0 Å². The van der Waals surface area contributed by atoms with E-state index in [1.54, 1.807) is 0 Å². The highest BCUT2D eigenvalue weighted by molar-refractivity contribution is 6.08. The van der Waals surface area contributed by atoms with Crippen molar-refractivity contribution in [1.29, 1.82) is 0 Å². The van der Waals surface area contributed by atoms with Crippen LogP contribution in [0.15, 0.2) is 0 Å². The third-order valence-corrected chi connectivity index (χ3v) is 8.37. The van der Waals surface area contributed by atoms with Crippen LogP contribution in [0.2, 0.25) is 6.32 Å². The summed E-state index contributed by atoms with van der Waals surface area (Å²) >= 11 is 0. The minimum atomic E-state index is 0.927. The summed E-state index contributed by atoms with van der Waals surface area (Å²) in [5.41, 5.74) is 0. The van der Waals surface area contributed by atoms with E-state index in [1.807, 2.05) is 0 Å². The fraction of sp³-hybridized carbons (Fsp3) is 1.00. The van der Waals surface area contributed by atoms with E-state index in [0.717, 1.165) is 41.4 Å². The highest BCUT2D eigenvalue weighted by Crippen LogP contribution is 2.49. The van der Waals surface area contributed by atoms with Gasteiger partial charge in [0.15, 0.2) is 0 Å². The predicted molar refractivity (Wildman–Crippen MR) is 139 cm³/mol. The van der Waals surface area contributed by atoms with E-state index >= 15 is 0 Å². The van der Waals surface area contributed by atoms with Gasteiger partial charge in [-0.1, -0.05) is 139 Å². The van der Waals surface area contributed by atoms with Gasteiger partial charge in [0, 0.05) is 0 Å². The van der Waals surface area contributed by atoms with Gasteiger partial charge in [-0.25, -0.2) is 0 Å². The molecule has 0 bridgehead atoms. The van der Waals surface area contributed by atoms with Gasteiger partial charge in [0.1, 0.15) is 7.85 Å². The Balaban J connectivity index is 6.30. The zero-order valence-corrected chi connectivity index (χ0v) is 22.2. The van der Waals surface area contributed by atoms with Crippen molar-refractivity contribution in [2.75, 3.05) is 0 Å². The van der Waals surface area contributed by atoms with Crippen LogP contribution < -0.4 is 0 Å². The second-order valence-corrected chi connectivity index (χ2v) is 10.1. The lowest BCUT2D eigenvalue weighted by atomic mass is 9.56. The minimum Gasteiger partial charge on any atom is -0.0777 e. The first-order chi connectivity index (χ1) is 14.0. The first-order valence-electron chi connectivity index (χ1n) is 14.0. The molecule has 0 fully saturated rings. The molecule has 0 aliphatic carbocycles. The summed E-state index contributed by atoms with van der Waals surface area (Å²) in [5, 5.41) is 0. The van der Waals surface area contributed by atoms with Crippen LogP contribution in [0.25, 0.3) is 0 Å². The first-order valence-corrected chi connectivity index (χ1v) is 14.0. The molecule has 0 heterocycles. The number of hydrogen-bond donors (Lipinski definition) is 0. The zero-order valence-electron chi connectivity index (χ0n) is 22.2. The fourth-order valence-electron chi connectivity index (χ4n) is 7.13. The van der Waals surface area contributed by atoms with E-state index in [1.165, 1.54) is 83.4 Å². The van der Waals surface area contributed by atoms with Gasteiger partial charge < -0.3 is 0 Å². The molecule has 0 aliphatic rings. The summed E-state index contributed by atoms with van der Waals surface area (Å²) in [5.74, 6) is 6.54. The van der Waals surface area contributed by atoms with Crippen LogP contribution >= 0.6 is 0 Å². The minimum absolute atomic E-state index is 0.927. The molecule has 1 heteroatoms. The molecule has 0 saturated carbocycles. The van der Waals surface area contributed by atoms with E-state index in [-0.39, 0.29) is 0 Å². The van der Waals surface area contributed by atoms with Gasteiger partial charge in [0.2, 0.25) is 0 Å². The van der Waals surface area contributed by atoms with Crippen molar-refractivity contribution in [2.45, 2.75) is 139 Å². The Hall–Kier alpha value is 0.0649. The molecule has 0 spiro atoms. The summed E-state index contributed by atoms with van der Waals surface area (Å²) < 4.78 is 0. The van der Waals surface area contributed by atoms with Crippen LogP contribution in [0, 0.1) is 41.4 Å². The second kappa shape index (κ2) is 17.7. The van der Waals surface area contributed by atoms with Gasteiger partial charge in [-0.05, 0) is 41.4 Å². The van der Waals surface area contributed by atoms with Crippen molar-refractivity contribution in [2.24, 2.45) is 41.4 Å². The van der Waals surface area contributed by atoms with Crippen molar-refractivity contribution in [3.63, 3.8) is 0 Å². The first kappa shape index (κ1) is 29.1. The molecule has 0 aromatic carbocycles. The smallest absolute Gasteiger partial charge is 0.0777 e. The molecule has 0 saturated heterocycles. The molecule has 174 valence electrons. The monoisotopic (exact) mass is 406 g/mol. The highest BCUT2D eigenvalue weighted by Gasteiger charge is 2.41. The SMILES string of the molecule is BCC(C(C(CC)CCC)C(CC)CCC)C(C(CC)CCC)C(CC)CCC. The average Bonchev–Trinajstić information content (AvgIpc) is 2.74. The quantitative estimate of drug-likeness (QED) is 0.188. The van der Waals surface area contributed by atoms with Crippen LogP contribution in [0.1, 0.15) is 132 Å². The molecular formula is C28H59B. The van der Waals surface area contributed by atoms with Crippen LogP contribution in [0.3, 0.4) is 0 Å². The molecule has 0 nitrogen and oxygen atoms in total. The van der Waals surface area contributed by atoms with E-state index in [0.29, 0.717) is 0 Å². The lowest BCUT2D eigenvalue weighted by Crippen LogP contribution is -2.40. The topological polar surface area (TPSA) is 0 Å². The van der Waals surface area contributed by atoms with Gasteiger partial charge in [0.25, 0.3) is 0 Å². The molecule has 0 amide bonds. The molecule has 0 aliphatic heterocycles. The lowest BCUT2D eigenvalue weighted by molar-refractivity contribution is 0.0289. The summed E-state index contributed by atoms with van der Waals surface area (Å²) in [6.45, 7) is 19.6. The lowest BCUT2D eigenvalue weighted by Gasteiger charge is -2.47. The Morgan fingerprint density at radius 3 is 0.828 bits per heavy atom. The van der Waals surface area contributed by atoms with Gasteiger partial charge in [0.05, 0.1) is 0 Å². The fourth-order valence-corrected chi connectivity index (χ4v) is 7.13. The van der Waals surface area contributed by atoms with Crippen LogP contribution in [-0.2, 0) is 0 Å². The maximum Gasteiger partial charge on any atom is 0.101 e. The van der Waals surface area contributed by atoms with Crippen molar-refractivity contribution in [1.82, 2.24) is 0 Å². The zero-order chi connectivity index (χ0) is 22.2. The summed E-state index contributed by atoms with van der Waals surface area (Å²) in [7, 11) is 2.54. The van der Waals surface area contributed by atoms with Crippen LogP contribution in [0.4, 0.5) is 0 Å². The molecule has 0 N–H and O–H groups in total. The van der Waals surface area contributed by atoms with Gasteiger partial charge in [-0.15, -0.1) is 0 Å². The highest BCUT2D eigenvalue weighted by atomic mass is 14.5. The summed E-state index contributed by atoms with van der Waals surface area (Å²) in [4.78, 5) is 0. The third-order valence-electron chi connectivity index (χ3n) is 8.37. The van der Waals surface area contributed by atoms with Gasteiger partial charge in [-0.3, -0.25) is 0 Å². The van der Waals surface area contributed by atoms with Crippen molar-refractivity contribution < 1.29 is 0 Å². The Morgan fingerprint density at radius 1 is 0.448 bits per heavy atom. The Labute approximate surface area is 188 Å². The van der Waals surface area contributed by atoms with E-state index in [4.69, 9.17) is 0 Å². The van der Waals surface area contributed by atoms with Crippen molar-refractivity contribution >= 4 is 7.85 Å². The molecule has 0 radical (unpaired) electrons. The van der Waals surface area contributed by atoms with E-state index in [9.17, 15) is 0 Å².